The average Bonchev–Trinajstić information content (AvgIpc) is 2.40. The topological polar surface area (TPSA) is 44.9 Å². The van der Waals surface area contributed by atoms with Crippen molar-refractivity contribution in [2.24, 2.45) is 0 Å². The fraction of sp³-hybridized carbons (Fsp3) is 0.571. The molecule has 1 fully saturated rings. The first kappa shape index (κ1) is 14.6. The molecule has 1 heterocycles. The second kappa shape index (κ2) is 7.10. The van der Waals surface area contributed by atoms with E-state index in [0.29, 0.717) is 21.5 Å². The molecule has 0 spiro atoms. The van der Waals surface area contributed by atoms with E-state index in [9.17, 15) is 4.79 Å². The van der Waals surface area contributed by atoms with Gasteiger partial charge in [-0.1, -0.05) is 25.6 Å². The van der Waals surface area contributed by atoms with Crippen molar-refractivity contribution in [2.45, 2.75) is 43.9 Å². The first-order chi connectivity index (χ1) is 9.20. The van der Waals surface area contributed by atoms with Crippen LogP contribution in [0.15, 0.2) is 18.3 Å². The van der Waals surface area contributed by atoms with Crippen LogP contribution in [0, 0.1) is 4.64 Å². The van der Waals surface area contributed by atoms with Gasteiger partial charge >= 0.3 is 0 Å². The third-order valence-corrected chi connectivity index (χ3v) is 5.00. The van der Waals surface area contributed by atoms with Crippen LogP contribution in [0.2, 0.25) is 0 Å². The second-order valence-corrected chi connectivity index (χ2v) is 6.81. The molecule has 0 aliphatic heterocycles. The summed E-state index contributed by atoms with van der Waals surface area (Å²) in [6.45, 7) is 2.19. The zero-order valence-electron chi connectivity index (χ0n) is 11.1. The predicted molar refractivity (Wildman–Crippen MR) is 83.3 cm³/mol. The average molecular weight is 296 g/mol. The highest BCUT2D eigenvalue weighted by Gasteiger charge is 2.23. The monoisotopic (exact) mass is 296 g/mol. The molecule has 0 radical (unpaired) electrons. The normalized spacial score (nSPS) is 23.0. The molecular formula is C14H20N2OS2. The van der Waals surface area contributed by atoms with Crippen LogP contribution in [0.1, 0.15) is 43.0 Å². The summed E-state index contributed by atoms with van der Waals surface area (Å²) >= 11 is 7.14. The maximum Gasteiger partial charge on any atom is 0.254 e. The van der Waals surface area contributed by atoms with Crippen molar-refractivity contribution >= 4 is 29.9 Å². The number of carbonyl (C=O) groups is 1. The fourth-order valence-electron chi connectivity index (χ4n) is 2.53. The van der Waals surface area contributed by atoms with Crippen molar-refractivity contribution in [3.8, 4) is 0 Å². The van der Waals surface area contributed by atoms with Gasteiger partial charge in [-0.2, -0.15) is 11.8 Å². The van der Waals surface area contributed by atoms with E-state index in [1.807, 2.05) is 11.8 Å². The number of pyridine rings is 1. The summed E-state index contributed by atoms with van der Waals surface area (Å²) in [5, 5.41) is 3.81. The summed E-state index contributed by atoms with van der Waals surface area (Å²) in [7, 11) is 0. The van der Waals surface area contributed by atoms with Crippen LogP contribution in [0.5, 0.6) is 0 Å². The van der Waals surface area contributed by atoms with Gasteiger partial charge in [0.15, 0.2) is 0 Å². The van der Waals surface area contributed by atoms with Crippen molar-refractivity contribution in [3.63, 3.8) is 0 Å². The number of nitrogens with one attached hydrogen (secondary N) is 2. The van der Waals surface area contributed by atoms with Gasteiger partial charge in [0.05, 0.1) is 5.56 Å². The maximum absolute atomic E-state index is 12.2. The molecule has 0 aromatic carbocycles. The zero-order chi connectivity index (χ0) is 13.7. The number of aromatic nitrogens is 1. The molecule has 1 aliphatic rings. The lowest BCUT2D eigenvalue weighted by molar-refractivity contribution is 0.0927. The summed E-state index contributed by atoms with van der Waals surface area (Å²) in [5.41, 5.74) is 0.572. The summed E-state index contributed by atoms with van der Waals surface area (Å²) in [5.74, 6) is 1.10. The van der Waals surface area contributed by atoms with Gasteiger partial charge in [-0.05, 0) is 37.1 Å². The highest BCUT2D eigenvalue weighted by Crippen LogP contribution is 2.28. The van der Waals surface area contributed by atoms with Crippen LogP contribution in [0.3, 0.4) is 0 Å². The Balaban J connectivity index is 1.95. The lowest BCUT2D eigenvalue weighted by atomic mass is 9.95. The van der Waals surface area contributed by atoms with Gasteiger partial charge in [-0.15, -0.1) is 0 Å². The standard InChI is InChI=1S/C14H20N2OS2/c1-2-19-11-6-3-5-10(9-11)16-13(17)12-7-4-8-15-14(12)18/h4,7-8,10-11H,2-3,5-6,9H2,1H3,(H,15,18)(H,16,17)/t10-,11+/m0/s1. The van der Waals surface area contributed by atoms with Gasteiger partial charge in [0, 0.05) is 17.5 Å². The van der Waals surface area contributed by atoms with Crippen molar-refractivity contribution in [2.75, 3.05) is 5.75 Å². The van der Waals surface area contributed by atoms with Gasteiger partial charge in [-0.3, -0.25) is 4.79 Å². The molecule has 1 aromatic rings. The molecular weight excluding hydrogens is 276 g/mol. The van der Waals surface area contributed by atoms with Gasteiger partial charge in [0.2, 0.25) is 0 Å². The van der Waals surface area contributed by atoms with E-state index in [4.69, 9.17) is 12.2 Å². The van der Waals surface area contributed by atoms with Crippen molar-refractivity contribution in [3.05, 3.63) is 28.5 Å². The first-order valence-corrected chi connectivity index (χ1v) is 8.26. The van der Waals surface area contributed by atoms with Gasteiger partial charge in [0.1, 0.15) is 4.64 Å². The lowest BCUT2D eigenvalue weighted by Crippen LogP contribution is -2.39. The predicted octanol–water partition coefficient (Wildman–Crippen LogP) is 3.54. The molecule has 0 saturated heterocycles. The summed E-state index contributed by atoms with van der Waals surface area (Å²) in [4.78, 5) is 15.1. The Kier molecular flexibility index (Phi) is 5.45. The van der Waals surface area contributed by atoms with Crippen LogP contribution < -0.4 is 5.32 Å². The fourth-order valence-corrected chi connectivity index (χ4v) is 3.93. The third kappa shape index (κ3) is 4.08. The molecule has 1 aliphatic carbocycles. The van der Waals surface area contributed by atoms with E-state index < -0.39 is 0 Å². The minimum atomic E-state index is -0.0472. The molecule has 1 amide bonds. The Morgan fingerprint density at radius 2 is 2.42 bits per heavy atom. The quantitative estimate of drug-likeness (QED) is 0.835. The molecule has 0 unspecified atom stereocenters. The number of carbonyl (C=O) groups excluding carboxylic acids is 1. The molecule has 5 heteroatoms. The molecule has 2 atom stereocenters. The van der Waals surface area contributed by atoms with Crippen LogP contribution in [-0.4, -0.2) is 27.9 Å². The van der Waals surface area contributed by atoms with E-state index in [1.165, 1.54) is 12.8 Å². The number of rotatable bonds is 4. The molecule has 2 rings (SSSR count). The highest BCUT2D eigenvalue weighted by atomic mass is 32.2. The lowest BCUT2D eigenvalue weighted by Gasteiger charge is -2.29. The molecule has 0 bridgehead atoms. The van der Waals surface area contributed by atoms with E-state index in [2.05, 4.69) is 17.2 Å². The van der Waals surface area contributed by atoms with E-state index in [0.717, 1.165) is 18.6 Å². The number of H-pyrrole nitrogens is 1. The van der Waals surface area contributed by atoms with Crippen LogP contribution in [0.4, 0.5) is 0 Å². The molecule has 19 heavy (non-hydrogen) atoms. The van der Waals surface area contributed by atoms with Crippen molar-refractivity contribution < 1.29 is 4.79 Å². The maximum atomic E-state index is 12.2. The van der Waals surface area contributed by atoms with E-state index in [1.54, 1.807) is 18.3 Å². The number of hydrogen-bond donors (Lipinski definition) is 2. The Morgan fingerprint density at radius 3 is 3.16 bits per heavy atom. The van der Waals surface area contributed by atoms with Crippen LogP contribution >= 0.6 is 24.0 Å². The van der Waals surface area contributed by atoms with Crippen molar-refractivity contribution in [1.29, 1.82) is 0 Å². The van der Waals surface area contributed by atoms with Crippen LogP contribution in [-0.2, 0) is 0 Å². The number of thioether (sulfide) groups is 1. The van der Waals surface area contributed by atoms with Gasteiger partial charge < -0.3 is 10.3 Å². The first-order valence-electron chi connectivity index (χ1n) is 6.81. The number of hydrogen-bond acceptors (Lipinski definition) is 3. The Bertz CT molecular complexity index is 484. The molecule has 1 saturated carbocycles. The van der Waals surface area contributed by atoms with E-state index in [-0.39, 0.29) is 5.91 Å². The van der Waals surface area contributed by atoms with Gasteiger partial charge in [0.25, 0.3) is 5.91 Å². The number of amides is 1. The third-order valence-electron chi connectivity index (χ3n) is 3.43. The summed E-state index contributed by atoms with van der Waals surface area (Å²) in [6, 6.07) is 3.87. The number of aromatic amines is 1. The van der Waals surface area contributed by atoms with Crippen LogP contribution in [0.25, 0.3) is 0 Å². The molecule has 2 N–H and O–H groups in total. The Morgan fingerprint density at radius 1 is 1.58 bits per heavy atom. The smallest absolute Gasteiger partial charge is 0.254 e. The molecule has 1 aromatic heterocycles. The largest absolute Gasteiger partial charge is 0.352 e. The Labute approximate surface area is 123 Å². The Hall–Kier alpha value is -0.810. The summed E-state index contributed by atoms with van der Waals surface area (Å²) in [6.07, 6.45) is 6.37. The van der Waals surface area contributed by atoms with Gasteiger partial charge in [-0.25, -0.2) is 0 Å². The minimum absolute atomic E-state index is 0.0472. The zero-order valence-corrected chi connectivity index (χ0v) is 12.8. The summed E-state index contributed by atoms with van der Waals surface area (Å²) < 4.78 is 0.510. The SMILES string of the molecule is CCS[C@@H]1CCC[C@H](NC(=O)c2ccc[nH]c2=S)C1. The highest BCUT2D eigenvalue weighted by molar-refractivity contribution is 7.99. The second-order valence-electron chi connectivity index (χ2n) is 4.83. The molecule has 104 valence electrons. The molecule has 3 nitrogen and oxygen atoms in total. The van der Waals surface area contributed by atoms with Crippen molar-refractivity contribution in [1.82, 2.24) is 10.3 Å². The minimum Gasteiger partial charge on any atom is -0.352 e. The van der Waals surface area contributed by atoms with E-state index >= 15 is 0 Å².